The highest BCUT2D eigenvalue weighted by Crippen LogP contribution is 2.62. The van der Waals surface area contributed by atoms with Crippen LogP contribution in [0.5, 0.6) is 0 Å². The summed E-state index contributed by atoms with van der Waals surface area (Å²) in [6.45, 7) is 7.49. The second-order valence-corrected chi connectivity index (χ2v) is 25.8. The Labute approximate surface area is 569 Å². The number of aryl methyl sites for hydroxylation is 3. The van der Waals surface area contributed by atoms with Crippen LogP contribution >= 0.6 is 0 Å². The second kappa shape index (κ2) is 29.4. The zero-order valence-corrected chi connectivity index (χ0v) is 55.2. The van der Waals surface area contributed by atoms with Crippen molar-refractivity contribution in [3.63, 3.8) is 0 Å². The monoisotopic (exact) mass is 1300 g/mol. The van der Waals surface area contributed by atoms with Crippen LogP contribution < -0.4 is 21.3 Å². The van der Waals surface area contributed by atoms with E-state index in [-0.39, 0.29) is 22.6 Å². The summed E-state index contributed by atoms with van der Waals surface area (Å²) in [5, 5.41) is 14.6. The minimum Gasteiger partial charge on any atom is -0.360 e. The Morgan fingerprint density at radius 3 is 1.34 bits per heavy atom. The molecule has 498 valence electrons. The molecule has 3 atom stereocenters. The molecule has 4 aromatic heterocycles. The van der Waals surface area contributed by atoms with Crippen LogP contribution in [0.15, 0.2) is 243 Å². The van der Waals surface area contributed by atoms with Gasteiger partial charge in [0.15, 0.2) is 0 Å². The standard InChI is InChI=1S/C24H20N2O2.C20H24N2O2.C19H18N2O2.C18H16N2O2.4H2/c1-26-16-20(19-14-8-9-15-21(19)26)23(27)24(28)25-22(17-10-4-2-5-11-17)18-12-6-3-7-13-18;1-19(2)12-8-9-20(3,10-12)18(19)22-17(24)16(23)14-11-21-15-7-5-4-6-13(14)15;1-21-13-16(15-9-5-6-10-17(15)21)18(22)19(23)20-12-11-14-7-3-2-4-8-14;1-20-12-15(14-9-5-6-10-16(14)20)17(21)18(22)19-11-13-7-3-2-4-8-13;;;;/h2-16,22H,1H3,(H,25,28);4-7,11-12,18,21H,8-10H2,1-3H3,(H,22,24);2-10,13H,11-12H2,1H3,(H,20,23);2-10,12H,11H2,1H3,(H,19,22);4*1H. The van der Waals surface area contributed by atoms with Gasteiger partial charge in [-0.1, -0.05) is 215 Å². The summed E-state index contributed by atoms with van der Waals surface area (Å²) in [5.41, 5.74) is 9.51. The zero-order chi connectivity index (χ0) is 68.4. The van der Waals surface area contributed by atoms with Gasteiger partial charge in [-0.15, -0.1) is 0 Å². The summed E-state index contributed by atoms with van der Waals surface area (Å²) < 4.78 is 5.58. The summed E-state index contributed by atoms with van der Waals surface area (Å²) in [7, 11) is 5.60. The highest BCUT2D eigenvalue weighted by molar-refractivity contribution is 6.47. The lowest BCUT2D eigenvalue weighted by molar-refractivity contribution is -0.119. The SMILES string of the molecule is CC12CCC(C1)C(C)(C)C2NC(=O)C(=O)c1c[nH]c2ccccc12.Cn1cc(C(=O)C(=O)NC(c2ccccc2)c2ccccc2)c2ccccc21.Cn1cc(C(=O)C(=O)NCCc2ccccc2)c2ccccc21.Cn1cc(C(=O)C(=O)NCc2ccccc2)c2ccccc21.[HH].[HH].[HH].[HH]. The highest BCUT2D eigenvalue weighted by Gasteiger charge is 2.60. The van der Waals surface area contributed by atoms with Crippen LogP contribution in [0.1, 0.15) is 115 Å². The fourth-order valence-electron chi connectivity index (χ4n) is 13.9. The number of aromatic nitrogens is 4. The Bertz CT molecular complexity index is 4850. The Balaban J connectivity index is 0.000000187. The fourth-order valence-corrected chi connectivity index (χ4v) is 13.9. The molecule has 16 nitrogen and oxygen atoms in total. The number of rotatable bonds is 17. The quantitative estimate of drug-likeness (QED) is 0.0436. The van der Waals surface area contributed by atoms with Gasteiger partial charge in [0.2, 0.25) is 0 Å². The van der Waals surface area contributed by atoms with Crippen molar-refractivity contribution < 1.29 is 44.1 Å². The van der Waals surface area contributed by atoms with Crippen molar-refractivity contribution in [1.82, 2.24) is 40.0 Å². The average Bonchev–Trinajstić information content (AvgIpc) is 1.57. The van der Waals surface area contributed by atoms with Gasteiger partial charge in [0, 0.05) is 114 Å². The predicted molar refractivity (Wildman–Crippen MR) is 388 cm³/mol. The maximum Gasteiger partial charge on any atom is 0.293 e. The molecule has 16 heteroatoms. The van der Waals surface area contributed by atoms with Crippen LogP contribution in [0.2, 0.25) is 0 Å². The van der Waals surface area contributed by atoms with Gasteiger partial charge in [-0.2, -0.15) is 0 Å². The van der Waals surface area contributed by atoms with Gasteiger partial charge in [0.25, 0.3) is 46.8 Å². The van der Waals surface area contributed by atoms with Gasteiger partial charge in [0.1, 0.15) is 0 Å². The smallest absolute Gasteiger partial charge is 0.293 e. The van der Waals surface area contributed by atoms with Crippen LogP contribution in [0.4, 0.5) is 0 Å². The Morgan fingerprint density at radius 1 is 0.464 bits per heavy atom. The number of para-hydroxylation sites is 4. The number of aromatic amines is 1. The maximum absolute atomic E-state index is 12.9. The number of ketones is 4. The van der Waals surface area contributed by atoms with E-state index < -0.39 is 52.8 Å². The molecule has 0 aliphatic heterocycles. The number of H-pyrrole nitrogens is 1. The van der Waals surface area contributed by atoms with Gasteiger partial charge in [-0.25, -0.2) is 0 Å². The average molecular weight is 1300 g/mol. The topological polar surface area (TPSA) is 215 Å². The van der Waals surface area contributed by atoms with Crippen molar-refractivity contribution in [2.24, 2.45) is 37.9 Å². The van der Waals surface area contributed by atoms with E-state index in [0.29, 0.717) is 47.7 Å². The lowest BCUT2D eigenvalue weighted by Gasteiger charge is -2.42. The first-order valence-corrected chi connectivity index (χ1v) is 32.5. The van der Waals surface area contributed by atoms with E-state index in [1.807, 2.05) is 253 Å². The molecule has 2 saturated carbocycles. The largest absolute Gasteiger partial charge is 0.360 e. The van der Waals surface area contributed by atoms with Crippen molar-refractivity contribution >= 4 is 90.4 Å². The van der Waals surface area contributed by atoms with Crippen LogP contribution in [0.25, 0.3) is 43.6 Å². The number of hydrogen-bond acceptors (Lipinski definition) is 8. The number of benzene rings is 8. The first kappa shape index (κ1) is 66.9. The Hall–Kier alpha value is -11.5. The highest BCUT2D eigenvalue weighted by atomic mass is 16.2. The molecule has 2 aliphatic carbocycles. The number of nitrogens with one attached hydrogen (secondary N) is 5. The van der Waals surface area contributed by atoms with E-state index in [9.17, 15) is 38.4 Å². The van der Waals surface area contributed by atoms with Crippen molar-refractivity contribution in [2.45, 2.75) is 65.1 Å². The molecule has 12 aromatic rings. The van der Waals surface area contributed by atoms with Crippen LogP contribution in [-0.4, -0.2) is 78.0 Å². The predicted octanol–water partition coefficient (Wildman–Crippen LogP) is 14.3. The molecule has 0 radical (unpaired) electrons. The zero-order valence-electron chi connectivity index (χ0n) is 55.2. The molecule has 2 aliphatic rings. The number of fused-ring (bicyclic) bond motifs is 6. The third-order valence-electron chi connectivity index (χ3n) is 19.0. The summed E-state index contributed by atoms with van der Waals surface area (Å²) in [5.74, 6) is -3.58. The van der Waals surface area contributed by atoms with Crippen LogP contribution in [0.3, 0.4) is 0 Å². The molecule has 3 unspecified atom stereocenters. The molecule has 4 heterocycles. The molecule has 14 rings (SSSR count). The van der Waals surface area contributed by atoms with E-state index in [2.05, 4.69) is 47.0 Å². The third-order valence-corrected chi connectivity index (χ3v) is 19.0. The van der Waals surface area contributed by atoms with Gasteiger partial charge in [-0.05, 0) is 89.0 Å². The molecule has 97 heavy (non-hydrogen) atoms. The molecule has 5 N–H and O–H groups in total. The lowest BCUT2D eigenvalue weighted by atomic mass is 9.68. The molecular formula is C81H86N8O8. The van der Waals surface area contributed by atoms with E-state index in [1.54, 1.807) is 24.8 Å². The number of Topliss-reactive ketones (excluding diaryl/α,β-unsaturated/α-hetero) is 4. The van der Waals surface area contributed by atoms with Crippen LogP contribution in [0, 0.1) is 16.7 Å². The molecule has 0 saturated heterocycles. The summed E-state index contributed by atoms with van der Waals surface area (Å²) in [6, 6.07) is 68.6. The minimum absolute atomic E-state index is 0. The van der Waals surface area contributed by atoms with Crippen molar-refractivity contribution in [3.05, 3.63) is 288 Å². The van der Waals surface area contributed by atoms with Gasteiger partial charge >= 0.3 is 0 Å². The van der Waals surface area contributed by atoms with Crippen molar-refractivity contribution in [1.29, 1.82) is 0 Å². The molecule has 8 aromatic carbocycles. The van der Waals surface area contributed by atoms with E-state index >= 15 is 0 Å². The lowest BCUT2D eigenvalue weighted by Crippen LogP contribution is -2.53. The first-order chi connectivity index (χ1) is 46.8. The molecule has 2 fully saturated rings. The number of carbonyl (C=O) groups is 8. The molecular weight excluding hydrogens is 1210 g/mol. The first-order valence-electron chi connectivity index (χ1n) is 32.5. The summed E-state index contributed by atoms with van der Waals surface area (Å²) >= 11 is 0. The maximum atomic E-state index is 12.9. The summed E-state index contributed by atoms with van der Waals surface area (Å²) in [4.78, 5) is 103. The molecule has 0 spiro atoms. The molecule has 4 amide bonds. The number of hydrogen-bond donors (Lipinski definition) is 5. The fraction of sp³-hybridized carbons (Fsp3) is 0.210. The second-order valence-electron chi connectivity index (χ2n) is 25.8. The number of nitrogens with zero attached hydrogens (tertiary/aromatic N) is 3. The van der Waals surface area contributed by atoms with Gasteiger partial charge in [0.05, 0.1) is 28.3 Å². The Morgan fingerprint density at radius 2 is 0.866 bits per heavy atom. The Kier molecular flexibility index (Phi) is 20.3. The van der Waals surface area contributed by atoms with Crippen molar-refractivity contribution in [3.8, 4) is 0 Å². The number of carbonyl (C=O) groups excluding carboxylic acids is 8. The van der Waals surface area contributed by atoms with E-state index in [1.165, 1.54) is 6.42 Å². The van der Waals surface area contributed by atoms with E-state index in [0.717, 1.165) is 78.7 Å². The van der Waals surface area contributed by atoms with Gasteiger partial charge < -0.3 is 40.0 Å². The molecule has 2 bridgehead atoms. The van der Waals surface area contributed by atoms with Crippen molar-refractivity contribution in [2.75, 3.05) is 6.54 Å². The minimum atomic E-state index is -0.617. The van der Waals surface area contributed by atoms with Crippen LogP contribution in [-0.2, 0) is 53.3 Å². The normalized spacial score (nSPS) is 15.7. The number of amides is 4. The van der Waals surface area contributed by atoms with Gasteiger partial charge in [-0.3, -0.25) is 38.4 Å². The summed E-state index contributed by atoms with van der Waals surface area (Å²) in [6.07, 6.45) is 11.0. The third kappa shape index (κ3) is 14.7. The van der Waals surface area contributed by atoms with E-state index in [4.69, 9.17) is 0 Å².